The zero-order valence-corrected chi connectivity index (χ0v) is 14.9. The molecule has 1 amide bonds. The van der Waals surface area contributed by atoms with E-state index in [0.717, 1.165) is 29.4 Å². The number of aryl methyl sites for hydroxylation is 3. The molecule has 0 bridgehead atoms. The van der Waals surface area contributed by atoms with Crippen LogP contribution in [0.1, 0.15) is 10.4 Å². The molecule has 0 saturated carbocycles. The number of hydrogen-bond donors (Lipinski definition) is 1. The van der Waals surface area contributed by atoms with Crippen molar-refractivity contribution < 1.29 is 4.79 Å². The van der Waals surface area contributed by atoms with E-state index in [1.807, 2.05) is 35.8 Å². The fraction of sp³-hybridized carbons (Fsp3) is 0.235. The van der Waals surface area contributed by atoms with E-state index >= 15 is 0 Å². The molecule has 0 aliphatic heterocycles. The third kappa shape index (κ3) is 4.69. The topological polar surface area (TPSA) is 59.8 Å². The second-order valence-corrected chi connectivity index (χ2v) is 7.32. The van der Waals surface area contributed by atoms with Crippen LogP contribution < -0.4 is 5.32 Å². The van der Waals surface area contributed by atoms with Gasteiger partial charge in [0, 0.05) is 17.1 Å². The molecule has 7 heteroatoms. The molecule has 0 unspecified atom stereocenters. The number of carbonyl (C=O) groups excluding carboxylic acids is 1. The number of nitrogens with one attached hydrogen (secondary N) is 1. The minimum absolute atomic E-state index is 0.0431. The van der Waals surface area contributed by atoms with E-state index in [1.165, 1.54) is 16.6 Å². The van der Waals surface area contributed by atoms with E-state index in [4.69, 9.17) is 0 Å². The van der Waals surface area contributed by atoms with Crippen molar-refractivity contribution in [1.29, 1.82) is 0 Å². The van der Waals surface area contributed by atoms with Crippen molar-refractivity contribution in [3.8, 4) is 0 Å². The first-order valence-electron chi connectivity index (χ1n) is 7.60. The fourth-order valence-electron chi connectivity index (χ4n) is 2.24. The lowest BCUT2D eigenvalue weighted by Gasteiger charge is -2.07. The average molecular weight is 358 g/mol. The summed E-state index contributed by atoms with van der Waals surface area (Å²) in [6.07, 6.45) is 2.66. The maximum absolute atomic E-state index is 12.1. The van der Waals surface area contributed by atoms with Crippen molar-refractivity contribution in [2.24, 2.45) is 0 Å². The molecule has 0 saturated heterocycles. The second-order valence-electron chi connectivity index (χ2n) is 5.34. The molecule has 24 heavy (non-hydrogen) atoms. The van der Waals surface area contributed by atoms with Gasteiger partial charge in [0.15, 0.2) is 5.16 Å². The molecule has 2 heterocycles. The summed E-state index contributed by atoms with van der Waals surface area (Å²) in [7, 11) is 0. The van der Waals surface area contributed by atoms with Gasteiger partial charge in [-0.25, -0.2) is 0 Å². The summed E-state index contributed by atoms with van der Waals surface area (Å²) in [5.41, 5.74) is 1.94. The van der Waals surface area contributed by atoms with Crippen molar-refractivity contribution in [3.63, 3.8) is 0 Å². The summed E-state index contributed by atoms with van der Waals surface area (Å²) in [5.74, 6) is 0.268. The summed E-state index contributed by atoms with van der Waals surface area (Å²) in [6.45, 7) is 2.82. The third-order valence-electron chi connectivity index (χ3n) is 3.39. The van der Waals surface area contributed by atoms with Gasteiger partial charge in [-0.2, -0.15) is 0 Å². The van der Waals surface area contributed by atoms with E-state index in [0.29, 0.717) is 5.75 Å². The molecule has 1 aromatic carbocycles. The van der Waals surface area contributed by atoms with Crippen LogP contribution in [0.25, 0.3) is 0 Å². The van der Waals surface area contributed by atoms with Crippen molar-refractivity contribution in [1.82, 2.24) is 14.8 Å². The Balaban J connectivity index is 1.51. The molecular formula is C17H18N4OS2. The quantitative estimate of drug-likeness (QED) is 0.655. The first kappa shape index (κ1) is 16.7. The van der Waals surface area contributed by atoms with Gasteiger partial charge >= 0.3 is 0 Å². The summed E-state index contributed by atoms with van der Waals surface area (Å²) in [5, 5.41) is 13.8. The maximum Gasteiger partial charge on any atom is 0.234 e. The molecule has 0 aliphatic carbocycles. The fourth-order valence-corrected chi connectivity index (χ4v) is 3.68. The molecule has 124 valence electrons. The zero-order chi connectivity index (χ0) is 16.8. The predicted octanol–water partition coefficient (Wildman–Crippen LogP) is 3.62. The van der Waals surface area contributed by atoms with Gasteiger partial charge in [0.05, 0.1) is 5.75 Å². The first-order chi connectivity index (χ1) is 11.7. The largest absolute Gasteiger partial charge is 0.325 e. The van der Waals surface area contributed by atoms with Crippen molar-refractivity contribution in [3.05, 3.63) is 58.5 Å². The molecule has 2 aromatic heterocycles. The molecule has 3 rings (SSSR count). The Morgan fingerprint density at radius 2 is 2.25 bits per heavy atom. The minimum Gasteiger partial charge on any atom is -0.325 e. The number of nitrogens with zero attached hydrogens (tertiary/aromatic N) is 3. The third-order valence-corrected chi connectivity index (χ3v) is 5.31. The van der Waals surface area contributed by atoms with Crippen LogP contribution >= 0.6 is 23.1 Å². The van der Waals surface area contributed by atoms with Crippen molar-refractivity contribution in [2.45, 2.75) is 25.0 Å². The highest BCUT2D eigenvalue weighted by molar-refractivity contribution is 7.99. The van der Waals surface area contributed by atoms with E-state index in [1.54, 1.807) is 17.7 Å². The molecular weight excluding hydrogens is 340 g/mol. The van der Waals surface area contributed by atoms with E-state index in [2.05, 4.69) is 33.0 Å². The number of anilines is 1. The normalized spacial score (nSPS) is 10.7. The van der Waals surface area contributed by atoms with Gasteiger partial charge in [0.1, 0.15) is 6.33 Å². The molecule has 0 fully saturated rings. The van der Waals surface area contributed by atoms with Gasteiger partial charge in [0.25, 0.3) is 0 Å². The van der Waals surface area contributed by atoms with E-state index in [9.17, 15) is 4.79 Å². The highest BCUT2D eigenvalue weighted by atomic mass is 32.2. The lowest BCUT2D eigenvalue weighted by Crippen LogP contribution is -2.14. The standard InChI is InChI=1S/C17H18N4OS2/c1-13-4-2-5-14(10-13)19-16(22)11-24-17-20-18-12-21(17)8-7-15-6-3-9-23-15/h2-6,9-10,12H,7-8,11H2,1H3,(H,19,22). The van der Waals surface area contributed by atoms with Crippen molar-refractivity contribution >= 4 is 34.7 Å². The van der Waals surface area contributed by atoms with Crippen LogP contribution in [-0.2, 0) is 17.8 Å². The summed E-state index contributed by atoms with van der Waals surface area (Å²) < 4.78 is 1.99. The Labute approximate surface area is 149 Å². The Kier molecular flexibility index (Phi) is 5.66. The summed E-state index contributed by atoms with van der Waals surface area (Å²) >= 11 is 3.15. The van der Waals surface area contributed by atoms with Gasteiger partial charge in [-0.05, 0) is 42.5 Å². The van der Waals surface area contributed by atoms with Crippen LogP contribution in [-0.4, -0.2) is 26.4 Å². The van der Waals surface area contributed by atoms with Gasteiger partial charge in [-0.1, -0.05) is 30.0 Å². The van der Waals surface area contributed by atoms with Crippen LogP contribution in [0.5, 0.6) is 0 Å². The van der Waals surface area contributed by atoms with Crippen LogP contribution in [0.2, 0.25) is 0 Å². The molecule has 0 spiro atoms. The number of amides is 1. The first-order valence-corrected chi connectivity index (χ1v) is 9.47. The van der Waals surface area contributed by atoms with E-state index < -0.39 is 0 Å². The number of thioether (sulfide) groups is 1. The smallest absolute Gasteiger partial charge is 0.234 e. The van der Waals surface area contributed by atoms with Gasteiger partial charge < -0.3 is 9.88 Å². The molecule has 0 aliphatic rings. The molecule has 5 nitrogen and oxygen atoms in total. The van der Waals surface area contributed by atoms with Crippen LogP contribution in [0, 0.1) is 6.92 Å². The Morgan fingerprint density at radius 3 is 3.04 bits per heavy atom. The Morgan fingerprint density at radius 1 is 1.33 bits per heavy atom. The van der Waals surface area contributed by atoms with E-state index in [-0.39, 0.29) is 5.91 Å². The number of hydrogen-bond acceptors (Lipinski definition) is 5. The summed E-state index contributed by atoms with van der Waals surface area (Å²) in [4.78, 5) is 13.4. The van der Waals surface area contributed by atoms with Gasteiger partial charge in [-0.3, -0.25) is 4.79 Å². The van der Waals surface area contributed by atoms with Gasteiger partial charge in [-0.15, -0.1) is 21.5 Å². The summed E-state index contributed by atoms with van der Waals surface area (Å²) in [6, 6.07) is 11.9. The Hall–Kier alpha value is -2.12. The number of aromatic nitrogens is 3. The molecule has 1 N–H and O–H groups in total. The monoisotopic (exact) mass is 358 g/mol. The number of rotatable bonds is 7. The Bertz CT molecular complexity index is 799. The average Bonchev–Trinajstić information content (AvgIpc) is 3.22. The lowest BCUT2D eigenvalue weighted by atomic mass is 10.2. The second kappa shape index (κ2) is 8.12. The number of thiophene rings is 1. The zero-order valence-electron chi connectivity index (χ0n) is 13.3. The van der Waals surface area contributed by atoms with Gasteiger partial charge in [0.2, 0.25) is 5.91 Å². The van der Waals surface area contributed by atoms with Crippen molar-refractivity contribution in [2.75, 3.05) is 11.1 Å². The van der Waals surface area contributed by atoms with Crippen LogP contribution in [0.4, 0.5) is 5.69 Å². The molecule has 0 atom stereocenters. The SMILES string of the molecule is Cc1cccc(NC(=O)CSc2nncn2CCc2cccs2)c1. The highest BCUT2D eigenvalue weighted by Crippen LogP contribution is 2.17. The highest BCUT2D eigenvalue weighted by Gasteiger charge is 2.09. The van der Waals surface area contributed by atoms with Crippen LogP contribution in [0.3, 0.4) is 0 Å². The van der Waals surface area contributed by atoms with Crippen LogP contribution in [0.15, 0.2) is 53.3 Å². The maximum atomic E-state index is 12.1. The number of carbonyl (C=O) groups is 1. The molecule has 0 radical (unpaired) electrons. The lowest BCUT2D eigenvalue weighted by molar-refractivity contribution is -0.113. The molecule has 3 aromatic rings. The predicted molar refractivity (Wildman–Crippen MR) is 98.6 cm³/mol. The minimum atomic E-state index is -0.0431. The number of benzene rings is 1.